The minimum absolute atomic E-state index is 0.0188. The molecule has 0 bridgehead atoms. The minimum Gasteiger partial charge on any atom is -0.329 e. The summed E-state index contributed by atoms with van der Waals surface area (Å²) < 4.78 is 0. The molecule has 1 saturated heterocycles. The molecule has 4 rings (SSSR count). The van der Waals surface area contributed by atoms with Gasteiger partial charge >= 0.3 is 0 Å². The van der Waals surface area contributed by atoms with E-state index >= 15 is 0 Å². The number of aromatic nitrogens is 2. The zero-order valence-corrected chi connectivity index (χ0v) is 16.1. The standard InChI is InChI=1S/C21H21ClN4O2/c22-18-12-17-16(3-8-24-21(17)28)11-19(18)25-20(27)15-4-9-26(10-5-15)13-14-1-6-23-7-2-14/h1-3,6-8,11-12,15H,4-5,9-10,13H2,(H,24,28)(H,25,27). The average molecular weight is 397 g/mol. The normalized spacial score (nSPS) is 15.6. The fourth-order valence-corrected chi connectivity index (χ4v) is 3.85. The summed E-state index contributed by atoms with van der Waals surface area (Å²) in [5.41, 5.74) is 1.58. The van der Waals surface area contributed by atoms with Crippen molar-refractivity contribution in [3.8, 4) is 0 Å². The number of H-pyrrole nitrogens is 1. The molecule has 3 heterocycles. The van der Waals surface area contributed by atoms with Crippen LogP contribution in [0.2, 0.25) is 5.02 Å². The van der Waals surface area contributed by atoms with Crippen molar-refractivity contribution in [2.75, 3.05) is 18.4 Å². The fourth-order valence-electron chi connectivity index (χ4n) is 3.64. The van der Waals surface area contributed by atoms with Crippen molar-refractivity contribution < 1.29 is 4.79 Å². The van der Waals surface area contributed by atoms with E-state index in [1.807, 2.05) is 12.1 Å². The van der Waals surface area contributed by atoms with Crippen LogP contribution >= 0.6 is 11.6 Å². The molecule has 0 spiro atoms. The number of carbonyl (C=O) groups is 1. The van der Waals surface area contributed by atoms with Gasteiger partial charge in [0.25, 0.3) is 5.56 Å². The van der Waals surface area contributed by atoms with Crippen LogP contribution < -0.4 is 10.9 Å². The molecule has 28 heavy (non-hydrogen) atoms. The van der Waals surface area contributed by atoms with Crippen molar-refractivity contribution in [2.24, 2.45) is 5.92 Å². The van der Waals surface area contributed by atoms with E-state index in [2.05, 4.69) is 20.2 Å². The second-order valence-electron chi connectivity index (χ2n) is 7.12. The summed E-state index contributed by atoms with van der Waals surface area (Å²) in [4.78, 5) is 33.6. The monoisotopic (exact) mass is 396 g/mol. The van der Waals surface area contributed by atoms with Crippen molar-refractivity contribution in [3.63, 3.8) is 0 Å². The number of anilines is 1. The molecule has 3 aromatic rings. The molecule has 1 aliphatic rings. The van der Waals surface area contributed by atoms with Crippen molar-refractivity contribution >= 4 is 34.0 Å². The van der Waals surface area contributed by atoms with E-state index in [0.29, 0.717) is 16.1 Å². The molecule has 7 heteroatoms. The number of pyridine rings is 2. The van der Waals surface area contributed by atoms with Crippen LogP contribution in [0.15, 0.2) is 53.7 Å². The topological polar surface area (TPSA) is 78.1 Å². The third kappa shape index (κ3) is 4.08. The predicted octanol–water partition coefficient (Wildman–Crippen LogP) is 3.43. The molecule has 6 nitrogen and oxygen atoms in total. The molecule has 0 saturated carbocycles. The van der Waals surface area contributed by atoms with Crippen LogP contribution in [0.3, 0.4) is 0 Å². The Morgan fingerprint density at radius 3 is 2.71 bits per heavy atom. The van der Waals surface area contributed by atoms with Crippen LogP contribution in [-0.4, -0.2) is 33.9 Å². The average Bonchev–Trinajstić information content (AvgIpc) is 2.71. The molecule has 0 aliphatic carbocycles. The Labute approximate surface area is 167 Å². The third-order valence-corrected chi connectivity index (χ3v) is 5.55. The second-order valence-corrected chi connectivity index (χ2v) is 7.53. The number of nitrogens with one attached hydrogen (secondary N) is 2. The number of piperidine rings is 1. The first-order valence-electron chi connectivity index (χ1n) is 9.33. The van der Waals surface area contributed by atoms with Crippen LogP contribution in [0.4, 0.5) is 5.69 Å². The molecule has 0 radical (unpaired) electrons. The summed E-state index contributed by atoms with van der Waals surface area (Å²) in [6.07, 6.45) is 6.81. The van der Waals surface area contributed by atoms with E-state index < -0.39 is 0 Å². The van der Waals surface area contributed by atoms with Crippen LogP contribution in [0.25, 0.3) is 10.8 Å². The molecule has 1 aromatic carbocycles. The third-order valence-electron chi connectivity index (χ3n) is 5.23. The van der Waals surface area contributed by atoms with E-state index in [-0.39, 0.29) is 17.4 Å². The summed E-state index contributed by atoms with van der Waals surface area (Å²) in [5.74, 6) is -0.0609. The minimum atomic E-state index is -0.196. The maximum atomic E-state index is 12.7. The van der Waals surface area contributed by atoms with Crippen molar-refractivity contribution in [1.29, 1.82) is 0 Å². The molecular formula is C21H21ClN4O2. The quantitative estimate of drug-likeness (QED) is 0.708. The number of benzene rings is 1. The van der Waals surface area contributed by atoms with Gasteiger partial charge in [0.2, 0.25) is 5.91 Å². The molecule has 144 valence electrons. The first-order valence-corrected chi connectivity index (χ1v) is 9.71. The number of aromatic amines is 1. The molecule has 0 unspecified atom stereocenters. The Hall–Kier alpha value is -2.70. The lowest BCUT2D eigenvalue weighted by Gasteiger charge is -2.31. The van der Waals surface area contributed by atoms with Gasteiger partial charge < -0.3 is 10.3 Å². The Balaban J connectivity index is 1.39. The number of likely N-dealkylation sites (tertiary alicyclic amines) is 1. The Kier molecular flexibility index (Phi) is 5.41. The van der Waals surface area contributed by atoms with Gasteiger partial charge in [-0.05, 0) is 67.2 Å². The second kappa shape index (κ2) is 8.12. The van der Waals surface area contributed by atoms with Crippen molar-refractivity contribution in [1.82, 2.24) is 14.9 Å². The first kappa shape index (κ1) is 18.7. The van der Waals surface area contributed by atoms with Gasteiger partial charge in [-0.15, -0.1) is 0 Å². The molecule has 1 aliphatic heterocycles. The molecule has 0 atom stereocenters. The summed E-state index contributed by atoms with van der Waals surface area (Å²) in [6.45, 7) is 2.63. The van der Waals surface area contributed by atoms with Gasteiger partial charge in [-0.1, -0.05) is 11.6 Å². The highest BCUT2D eigenvalue weighted by molar-refractivity contribution is 6.34. The van der Waals surface area contributed by atoms with E-state index in [4.69, 9.17) is 11.6 Å². The molecule has 1 fully saturated rings. The largest absolute Gasteiger partial charge is 0.329 e. The van der Waals surface area contributed by atoms with Gasteiger partial charge in [-0.2, -0.15) is 0 Å². The first-order chi connectivity index (χ1) is 13.6. The number of hydrogen-bond acceptors (Lipinski definition) is 4. The maximum absolute atomic E-state index is 12.7. The Morgan fingerprint density at radius 2 is 1.96 bits per heavy atom. The van der Waals surface area contributed by atoms with Gasteiger partial charge in [-0.25, -0.2) is 0 Å². The van der Waals surface area contributed by atoms with Crippen LogP contribution in [0.5, 0.6) is 0 Å². The number of halogens is 1. The summed E-state index contributed by atoms with van der Waals surface area (Å²) in [7, 11) is 0. The predicted molar refractivity (Wildman–Crippen MR) is 110 cm³/mol. The lowest BCUT2D eigenvalue weighted by atomic mass is 9.95. The number of nitrogens with zero attached hydrogens (tertiary/aromatic N) is 2. The van der Waals surface area contributed by atoms with E-state index in [0.717, 1.165) is 37.9 Å². The Morgan fingerprint density at radius 1 is 1.21 bits per heavy atom. The highest BCUT2D eigenvalue weighted by Gasteiger charge is 2.25. The number of amides is 1. The zero-order chi connectivity index (χ0) is 19.5. The van der Waals surface area contributed by atoms with Gasteiger partial charge in [-0.3, -0.25) is 19.5 Å². The number of hydrogen-bond donors (Lipinski definition) is 2. The highest BCUT2D eigenvalue weighted by Crippen LogP contribution is 2.28. The van der Waals surface area contributed by atoms with Crippen LogP contribution in [0.1, 0.15) is 18.4 Å². The molecule has 2 N–H and O–H groups in total. The summed E-state index contributed by atoms with van der Waals surface area (Å²) in [5, 5.41) is 4.57. The number of fused-ring (bicyclic) bond motifs is 1. The lowest BCUT2D eigenvalue weighted by molar-refractivity contribution is -0.121. The van der Waals surface area contributed by atoms with Gasteiger partial charge in [0.05, 0.1) is 10.7 Å². The lowest BCUT2D eigenvalue weighted by Crippen LogP contribution is -2.37. The van der Waals surface area contributed by atoms with Crippen LogP contribution in [0, 0.1) is 5.92 Å². The molecular weight excluding hydrogens is 376 g/mol. The fraction of sp³-hybridized carbons (Fsp3) is 0.286. The van der Waals surface area contributed by atoms with Gasteiger partial charge in [0.15, 0.2) is 0 Å². The SMILES string of the molecule is O=C(Nc1cc2cc[nH]c(=O)c2cc1Cl)C1CCN(Cc2ccncc2)CC1. The van der Waals surface area contributed by atoms with Gasteiger partial charge in [0.1, 0.15) is 0 Å². The smallest absolute Gasteiger partial charge is 0.255 e. The van der Waals surface area contributed by atoms with E-state index in [1.165, 1.54) is 5.56 Å². The van der Waals surface area contributed by atoms with Crippen molar-refractivity contribution in [2.45, 2.75) is 19.4 Å². The molecule has 1 amide bonds. The zero-order valence-electron chi connectivity index (χ0n) is 15.3. The maximum Gasteiger partial charge on any atom is 0.255 e. The van der Waals surface area contributed by atoms with Crippen LogP contribution in [-0.2, 0) is 11.3 Å². The number of carbonyl (C=O) groups excluding carboxylic acids is 1. The number of rotatable bonds is 4. The summed E-state index contributed by atoms with van der Waals surface area (Å²) in [6, 6.07) is 9.18. The Bertz CT molecular complexity index is 1040. The van der Waals surface area contributed by atoms with Gasteiger partial charge in [0, 0.05) is 36.4 Å². The van der Waals surface area contributed by atoms with E-state index in [9.17, 15) is 9.59 Å². The highest BCUT2D eigenvalue weighted by atomic mass is 35.5. The van der Waals surface area contributed by atoms with E-state index in [1.54, 1.807) is 36.8 Å². The molecule has 2 aromatic heterocycles. The summed E-state index contributed by atoms with van der Waals surface area (Å²) >= 11 is 6.29. The van der Waals surface area contributed by atoms with Crippen molar-refractivity contribution in [3.05, 3.63) is 69.9 Å².